The summed E-state index contributed by atoms with van der Waals surface area (Å²) in [6, 6.07) is 0. The first kappa shape index (κ1) is 22.8. The lowest BCUT2D eigenvalue weighted by molar-refractivity contribution is -0.343. The second-order valence-electron chi connectivity index (χ2n) is 6.86. The van der Waals surface area contributed by atoms with E-state index in [1.165, 1.54) is 0 Å². The van der Waals surface area contributed by atoms with E-state index < -0.39 is 74.6 Å². The SMILES string of the molecule is CCCCNC1O[C@H](CO)[C@@H](O[C@@H]2O[C@H](CO)[C@H](O)[C@H](O)[C@H]2O)[C@H](O)[C@H]1O. The molecule has 0 radical (unpaired) electrons. The second-order valence-corrected chi connectivity index (χ2v) is 6.86. The smallest absolute Gasteiger partial charge is 0.187 e. The number of ether oxygens (including phenoxy) is 3. The van der Waals surface area contributed by atoms with E-state index in [0.717, 1.165) is 12.8 Å². The lowest BCUT2D eigenvalue weighted by atomic mass is 9.96. The summed E-state index contributed by atoms with van der Waals surface area (Å²) in [6.45, 7) is 1.36. The maximum absolute atomic E-state index is 10.4. The summed E-state index contributed by atoms with van der Waals surface area (Å²) in [5.74, 6) is 0. The van der Waals surface area contributed by atoms with E-state index in [2.05, 4.69) is 5.32 Å². The molecule has 0 saturated carbocycles. The summed E-state index contributed by atoms with van der Waals surface area (Å²) in [5, 5.41) is 72.1. The summed E-state index contributed by atoms with van der Waals surface area (Å²) in [5.41, 5.74) is 0. The average molecular weight is 397 g/mol. The number of hydrogen-bond acceptors (Lipinski definition) is 11. The monoisotopic (exact) mass is 397 g/mol. The zero-order chi connectivity index (χ0) is 20.1. The molecule has 0 bridgehead atoms. The van der Waals surface area contributed by atoms with E-state index >= 15 is 0 Å². The van der Waals surface area contributed by atoms with Crippen molar-refractivity contribution in [1.29, 1.82) is 0 Å². The Bertz CT molecular complexity index is 439. The number of rotatable bonds is 8. The van der Waals surface area contributed by atoms with Crippen LogP contribution in [0.15, 0.2) is 0 Å². The molecule has 2 fully saturated rings. The topological polar surface area (TPSA) is 181 Å². The highest BCUT2D eigenvalue weighted by atomic mass is 16.7. The Morgan fingerprint density at radius 3 is 2.07 bits per heavy atom. The molecular weight excluding hydrogens is 366 g/mol. The van der Waals surface area contributed by atoms with Gasteiger partial charge >= 0.3 is 0 Å². The lowest BCUT2D eigenvalue weighted by Crippen LogP contribution is -2.66. The molecule has 0 aromatic rings. The van der Waals surface area contributed by atoms with Crippen molar-refractivity contribution in [3.05, 3.63) is 0 Å². The van der Waals surface area contributed by atoms with Gasteiger partial charge in [0.25, 0.3) is 0 Å². The van der Waals surface area contributed by atoms with Crippen molar-refractivity contribution >= 4 is 0 Å². The average Bonchev–Trinajstić information content (AvgIpc) is 2.67. The van der Waals surface area contributed by atoms with Gasteiger partial charge in [-0.15, -0.1) is 0 Å². The van der Waals surface area contributed by atoms with Gasteiger partial charge in [-0.25, -0.2) is 0 Å². The molecular formula is C16H31NO10. The molecule has 2 heterocycles. The number of aliphatic hydroxyl groups is 7. The molecule has 0 amide bonds. The maximum Gasteiger partial charge on any atom is 0.187 e. The van der Waals surface area contributed by atoms with Crippen molar-refractivity contribution in [3.8, 4) is 0 Å². The molecule has 2 aliphatic rings. The quantitative estimate of drug-likeness (QED) is 0.187. The molecule has 2 rings (SSSR count). The maximum atomic E-state index is 10.4. The van der Waals surface area contributed by atoms with Gasteiger partial charge in [-0.3, -0.25) is 5.32 Å². The van der Waals surface area contributed by atoms with Crippen LogP contribution in [0.25, 0.3) is 0 Å². The third kappa shape index (κ3) is 5.14. The molecule has 2 saturated heterocycles. The third-order valence-corrected chi connectivity index (χ3v) is 4.88. The van der Waals surface area contributed by atoms with E-state index in [4.69, 9.17) is 14.2 Å². The first-order valence-electron chi connectivity index (χ1n) is 9.17. The van der Waals surface area contributed by atoms with E-state index in [1.807, 2.05) is 6.92 Å². The van der Waals surface area contributed by atoms with Crippen LogP contribution in [0, 0.1) is 0 Å². The zero-order valence-electron chi connectivity index (χ0n) is 15.2. The van der Waals surface area contributed by atoms with Crippen LogP contribution in [0.1, 0.15) is 19.8 Å². The van der Waals surface area contributed by atoms with Crippen molar-refractivity contribution < 1.29 is 50.0 Å². The molecule has 11 heteroatoms. The number of aliphatic hydroxyl groups excluding tert-OH is 7. The van der Waals surface area contributed by atoms with Gasteiger partial charge in [-0.2, -0.15) is 0 Å². The zero-order valence-corrected chi connectivity index (χ0v) is 15.2. The summed E-state index contributed by atoms with van der Waals surface area (Å²) in [7, 11) is 0. The van der Waals surface area contributed by atoms with Gasteiger partial charge in [0, 0.05) is 0 Å². The Morgan fingerprint density at radius 1 is 0.815 bits per heavy atom. The molecule has 0 aromatic heterocycles. The van der Waals surface area contributed by atoms with E-state index in [9.17, 15) is 35.7 Å². The minimum absolute atomic E-state index is 0.543. The van der Waals surface area contributed by atoms with Crippen LogP contribution in [-0.2, 0) is 14.2 Å². The molecule has 160 valence electrons. The first-order valence-corrected chi connectivity index (χ1v) is 9.17. The Hall–Kier alpha value is -0.440. The predicted octanol–water partition coefficient (Wildman–Crippen LogP) is -4.00. The van der Waals surface area contributed by atoms with Crippen molar-refractivity contribution in [2.24, 2.45) is 0 Å². The van der Waals surface area contributed by atoms with Gasteiger partial charge in [-0.05, 0) is 13.0 Å². The van der Waals surface area contributed by atoms with Crippen LogP contribution in [0.2, 0.25) is 0 Å². The molecule has 27 heavy (non-hydrogen) atoms. The van der Waals surface area contributed by atoms with E-state index in [-0.39, 0.29) is 0 Å². The molecule has 8 N–H and O–H groups in total. The van der Waals surface area contributed by atoms with Crippen molar-refractivity contribution in [2.45, 2.75) is 81.1 Å². The minimum atomic E-state index is -1.67. The van der Waals surface area contributed by atoms with Crippen LogP contribution in [0.4, 0.5) is 0 Å². The Morgan fingerprint density at radius 2 is 1.48 bits per heavy atom. The van der Waals surface area contributed by atoms with Crippen LogP contribution >= 0.6 is 0 Å². The fourth-order valence-corrected chi connectivity index (χ4v) is 3.18. The fourth-order valence-electron chi connectivity index (χ4n) is 3.18. The van der Waals surface area contributed by atoms with Crippen molar-refractivity contribution in [1.82, 2.24) is 5.32 Å². The molecule has 1 unspecified atom stereocenters. The van der Waals surface area contributed by atoms with Crippen LogP contribution < -0.4 is 5.32 Å². The fraction of sp³-hybridized carbons (Fsp3) is 1.00. The Labute approximate surface area is 157 Å². The summed E-state index contributed by atoms with van der Waals surface area (Å²) in [4.78, 5) is 0. The highest BCUT2D eigenvalue weighted by Gasteiger charge is 2.50. The molecule has 11 nitrogen and oxygen atoms in total. The van der Waals surface area contributed by atoms with Gasteiger partial charge in [0.2, 0.25) is 0 Å². The van der Waals surface area contributed by atoms with Crippen LogP contribution in [0.5, 0.6) is 0 Å². The van der Waals surface area contributed by atoms with E-state index in [0.29, 0.717) is 6.54 Å². The van der Waals surface area contributed by atoms with Crippen molar-refractivity contribution in [2.75, 3.05) is 19.8 Å². The normalized spacial score (nSPS) is 45.8. The minimum Gasteiger partial charge on any atom is -0.394 e. The highest BCUT2D eigenvalue weighted by molar-refractivity contribution is 4.95. The lowest BCUT2D eigenvalue weighted by Gasteiger charge is -2.46. The number of unbranched alkanes of at least 4 members (excludes halogenated alkanes) is 1. The van der Waals surface area contributed by atoms with Gasteiger partial charge in [0.1, 0.15) is 55.1 Å². The van der Waals surface area contributed by atoms with Crippen LogP contribution in [0.3, 0.4) is 0 Å². The number of nitrogens with one attached hydrogen (secondary N) is 1. The Kier molecular flexibility index (Phi) is 8.77. The van der Waals surface area contributed by atoms with Gasteiger partial charge in [0.05, 0.1) is 13.2 Å². The second kappa shape index (κ2) is 10.4. The number of hydrogen-bond donors (Lipinski definition) is 8. The summed E-state index contributed by atoms with van der Waals surface area (Å²) in [6.07, 6.45) is -11.9. The Balaban J connectivity index is 2.06. The highest BCUT2D eigenvalue weighted by Crippen LogP contribution is 2.28. The molecule has 0 aromatic carbocycles. The molecule has 2 aliphatic heterocycles. The van der Waals surface area contributed by atoms with Crippen molar-refractivity contribution in [3.63, 3.8) is 0 Å². The largest absolute Gasteiger partial charge is 0.394 e. The molecule has 10 atom stereocenters. The third-order valence-electron chi connectivity index (χ3n) is 4.88. The first-order chi connectivity index (χ1) is 12.8. The van der Waals surface area contributed by atoms with Gasteiger partial charge < -0.3 is 50.0 Å². The van der Waals surface area contributed by atoms with Gasteiger partial charge in [0.15, 0.2) is 6.29 Å². The van der Waals surface area contributed by atoms with E-state index in [1.54, 1.807) is 0 Å². The van der Waals surface area contributed by atoms with Crippen LogP contribution in [-0.4, -0.2) is 117 Å². The predicted molar refractivity (Wildman–Crippen MR) is 89.3 cm³/mol. The molecule has 0 aliphatic carbocycles. The summed E-state index contributed by atoms with van der Waals surface area (Å²) < 4.78 is 16.3. The standard InChI is InChI=1S/C16H31NO10/c1-2-3-4-17-15-12(23)11(22)14(8(6-19)25-15)27-16-13(24)10(21)9(20)7(5-18)26-16/h7-24H,2-6H2,1H3/t7-,8-,9+,10+,11-,12-,13-,14-,15?,16+/m1/s1. The van der Waals surface area contributed by atoms with Gasteiger partial charge in [-0.1, -0.05) is 13.3 Å². The molecule has 0 spiro atoms. The summed E-state index contributed by atoms with van der Waals surface area (Å²) >= 11 is 0.